The van der Waals surface area contributed by atoms with E-state index in [0.717, 1.165) is 19.4 Å². The number of hydrogen-bond acceptors (Lipinski definition) is 3. The molecule has 2 aliphatic rings. The van der Waals surface area contributed by atoms with Gasteiger partial charge < -0.3 is 15.0 Å². The molecule has 0 bridgehead atoms. The van der Waals surface area contributed by atoms with E-state index in [0.29, 0.717) is 25.7 Å². The molecule has 0 radical (unpaired) electrons. The second-order valence-corrected chi connectivity index (χ2v) is 5.25. The van der Waals surface area contributed by atoms with Crippen molar-refractivity contribution in [3.8, 4) is 0 Å². The van der Waals surface area contributed by atoms with E-state index in [9.17, 15) is 4.79 Å². The minimum atomic E-state index is -0.307. The van der Waals surface area contributed by atoms with Gasteiger partial charge in [0.2, 0.25) is 0 Å². The number of carbonyl (C=O) groups is 1. The van der Waals surface area contributed by atoms with Crippen LogP contribution in [0.15, 0.2) is 30.3 Å². The molecule has 0 aromatic heterocycles. The molecule has 20 heavy (non-hydrogen) atoms. The summed E-state index contributed by atoms with van der Waals surface area (Å²) in [6.07, 6.45) is 1.94. The van der Waals surface area contributed by atoms with Gasteiger partial charge in [-0.2, -0.15) is 0 Å². The highest BCUT2D eigenvalue weighted by molar-refractivity contribution is 5.85. The summed E-state index contributed by atoms with van der Waals surface area (Å²) in [5.74, 6) is 0.138. The monoisotopic (exact) mass is 296 g/mol. The summed E-state index contributed by atoms with van der Waals surface area (Å²) in [4.78, 5) is 14.5. The Balaban J connectivity index is 0.00000147. The fourth-order valence-corrected chi connectivity index (χ4v) is 2.46. The first-order valence-corrected chi connectivity index (χ1v) is 7.01. The van der Waals surface area contributed by atoms with E-state index in [2.05, 4.69) is 17.4 Å². The van der Waals surface area contributed by atoms with Crippen LogP contribution >= 0.6 is 12.4 Å². The lowest BCUT2D eigenvalue weighted by molar-refractivity contribution is -0.146. The highest BCUT2D eigenvalue weighted by Crippen LogP contribution is 2.29. The second-order valence-electron chi connectivity index (χ2n) is 5.25. The fraction of sp³-hybridized carbons (Fsp3) is 0.533. The van der Waals surface area contributed by atoms with E-state index in [1.807, 2.05) is 23.1 Å². The van der Waals surface area contributed by atoms with Gasteiger partial charge in [-0.3, -0.25) is 4.79 Å². The molecule has 5 heteroatoms. The van der Waals surface area contributed by atoms with Gasteiger partial charge in [0.25, 0.3) is 5.91 Å². The number of nitrogens with zero attached hydrogens (tertiary/aromatic N) is 1. The zero-order valence-corrected chi connectivity index (χ0v) is 12.3. The number of rotatable bonds is 4. The maximum atomic E-state index is 12.5. The summed E-state index contributed by atoms with van der Waals surface area (Å²) in [6.45, 7) is 2.80. The molecule has 1 aromatic carbocycles. The van der Waals surface area contributed by atoms with Gasteiger partial charge in [-0.25, -0.2) is 0 Å². The van der Waals surface area contributed by atoms with Gasteiger partial charge >= 0.3 is 0 Å². The van der Waals surface area contributed by atoms with Gasteiger partial charge in [0.1, 0.15) is 6.10 Å². The molecule has 1 amide bonds. The van der Waals surface area contributed by atoms with Crippen LogP contribution in [0, 0.1) is 0 Å². The van der Waals surface area contributed by atoms with Crippen LogP contribution in [0.2, 0.25) is 0 Å². The average Bonchev–Trinajstić information content (AvgIpc) is 3.31. The molecule has 1 saturated heterocycles. The number of carbonyl (C=O) groups excluding carboxylic acids is 1. The lowest BCUT2D eigenvalue weighted by atomic mass is 10.2. The summed E-state index contributed by atoms with van der Waals surface area (Å²) in [5.41, 5.74) is 1.19. The van der Waals surface area contributed by atoms with E-state index < -0.39 is 0 Å². The van der Waals surface area contributed by atoms with Crippen LogP contribution in [0.4, 0.5) is 0 Å². The van der Waals surface area contributed by atoms with Gasteiger partial charge in [0.15, 0.2) is 0 Å². The summed E-state index contributed by atoms with van der Waals surface area (Å²) < 4.78 is 5.58. The molecule has 1 saturated carbocycles. The standard InChI is InChI=1S/C15H20N2O2.ClH/c18-15(14-10-16-8-9-19-14)17(13-6-7-13)11-12-4-2-1-3-5-12;/h1-5,13-14,16H,6-11H2;1H. The van der Waals surface area contributed by atoms with Gasteiger partial charge in [0, 0.05) is 25.7 Å². The Labute approximate surface area is 125 Å². The van der Waals surface area contributed by atoms with Gasteiger partial charge in [-0.1, -0.05) is 30.3 Å². The number of nitrogens with one attached hydrogen (secondary N) is 1. The fourth-order valence-electron chi connectivity index (χ4n) is 2.46. The molecule has 1 aliphatic carbocycles. The topological polar surface area (TPSA) is 41.6 Å². The van der Waals surface area contributed by atoms with Crippen LogP contribution in [0.3, 0.4) is 0 Å². The zero-order chi connectivity index (χ0) is 13.1. The van der Waals surface area contributed by atoms with Crippen molar-refractivity contribution in [2.75, 3.05) is 19.7 Å². The third kappa shape index (κ3) is 3.72. The predicted octanol–water partition coefficient (Wildman–Crippen LogP) is 1.59. The van der Waals surface area contributed by atoms with Crippen molar-refractivity contribution in [1.82, 2.24) is 10.2 Å². The maximum Gasteiger partial charge on any atom is 0.253 e. The smallest absolute Gasteiger partial charge is 0.253 e. The molecule has 2 fully saturated rings. The van der Waals surface area contributed by atoms with Crippen molar-refractivity contribution in [3.63, 3.8) is 0 Å². The molecule has 1 N–H and O–H groups in total. The predicted molar refractivity (Wildman–Crippen MR) is 79.9 cm³/mol. The molecule has 1 atom stereocenters. The van der Waals surface area contributed by atoms with E-state index in [-0.39, 0.29) is 24.4 Å². The number of hydrogen-bond donors (Lipinski definition) is 1. The van der Waals surface area contributed by atoms with Gasteiger partial charge in [0.05, 0.1) is 6.61 Å². The van der Waals surface area contributed by atoms with Crippen LogP contribution in [0.5, 0.6) is 0 Å². The Morgan fingerprint density at radius 2 is 2.05 bits per heavy atom. The molecule has 1 aliphatic heterocycles. The molecule has 1 heterocycles. The number of amides is 1. The quantitative estimate of drug-likeness (QED) is 0.917. The van der Waals surface area contributed by atoms with E-state index in [4.69, 9.17) is 4.74 Å². The van der Waals surface area contributed by atoms with Gasteiger partial charge in [-0.05, 0) is 18.4 Å². The third-order valence-electron chi connectivity index (χ3n) is 3.67. The lowest BCUT2D eigenvalue weighted by Crippen LogP contribution is -2.49. The molecule has 1 aromatic rings. The normalized spacial score (nSPS) is 21.9. The SMILES string of the molecule is Cl.O=C(C1CNCCO1)N(Cc1ccccc1)C1CC1. The van der Waals surface area contributed by atoms with Crippen LogP contribution in [-0.4, -0.2) is 42.6 Å². The Hall–Kier alpha value is -1.10. The first kappa shape index (κ1) is 15.3. The molecule has 4 nitrogen and oxygen atoms in total. The van der Waals surface area contributed by atoms with Crippen LogP contribution in [0.1, 0.15) is 18.4 Å². The van der Waals surface area contributed by atoms with Crippen molar-refractivity contribution < 1.29 is 9.53 Å². The summed E-state index contributed by atoms with van der Waals surface area (Å²) in [6, 6.07) is 10.6. The average molecular weight is 297 g/mol. The summed E-state index contributed by atoms with van der Waals surface area (Å²) in [7, 11) is 0. The Morgan fingerprint density at radius 3 is 2.65 bits per heavy atom. The highest BCUT2D eigenvalue weighted by Gasteiger charge is 2.36. The summed E-state index contributed by atoms with van der Waals surface area (Å²) >= 11 is 0. The number of benzene rings is 1. The zero-order valence-electron chi connectivity index (χ0n) is 11.5. The van der Waals surface area contributed by atoms with E-state index in [1.54, 1.807) is 0 Å². The first-order valence-electron chi connectivity index (χ1n) is 7.01. The van der Waals surface area contributed by atoms with Crippen molar-refractivity contribution in [1.29, 1.82) is 0 Å². The maximum absolute atomic E-state index is 12.5. The number of morpholine rings is 1. The minimum Gasteiger partial charge on any atom is -0.366 e. The van der Waals surface area contributed by atoms with Crippen LogP contribution in [-0.2, 0) is 16.1 Å². The van der Waals surface area contributed by atoms with Crippen molar-refractivity contribution in [2.45, 2.75) is 31.5 Å². The number of ether oxygens (including phenoxy) is 1. The number of halogens is 1. The Kier molecular flexibility index (Phi) is 5.40. The molecule has 110 valence electrons. The van der Waals surface area contributed by atoms with Crippen molar-refractivity contribution in [2.24, 2.45) is 0 Å². The van der Waals surface area contributed by atoms with E-state index in [1.165, 1.54) is 5.56 Å². The molecular formula is C15H21ClN2O2. The third-order valence-corrected chi connectivity index (χ3v) is 3.67. The van der Waals surface area contributed by atoms with Crippen molar-refractivity contribution >= 4 is 18.3 Å². The molecule has 3 rings (SSSR count). The summed E-state index contributed by atoms with van der Waals surface area (Å²) in [5, 5.41) is 3.22. The van der Waals surface area contributed by atoms with Crippen molar-refractivity contribution in [3.05, 3.63) is 35.9 Å². The second kappa shape index (κ2) is 7.07. The van der Waals surface area contributed by atoms with Crippen LogP contribution in [0.25, 0.3) is 0 Å². The van der Waals surface area contributed by atoms with E-state index >= 15 is 0 Å². The molecular weight excluding hydrogens is 276 g/mol. The van der Waals surface area contributed by atoms with Crippen LogP contribution < -0.4 is 5.32 Å². The first-order chi connectivity index (χ1) is 9.34. The molecule has 0 spiro atoms. The minimum absolute atomic E-state index is 0. The lowest BCUT2D eigenvalue weighted by Gasteiger charge is -2.30. The van der Waals surface area contributed by atoms with Gasteiger partial charge in [-0.15, -0.1) is 12.4 Å². The Bertz CT molecular complexity index is 431. The Morgan fingerprint density at radius 1 is 1.30 bits per heavy atom. The molecule has 1 unspecified atom stereocenters. The largest absolute Gasteiger partial charge is 0.366 e. The highest BCUT2D eigenvalue weighted by atomic mass is 35.5.